The maximum absolute atomic E-state index is 11.6. The number of ether oxygens (including phenoxy) is 2. The lowest BCUT2D eigenvalue weighted by atomic mass is 10.2. The Bertz CT molecular complexity index is 566. The topological polar surface area (TPSA) is 139 Å². The van der Waals surface area contributed by atoms with E-state index in [0.29, 0.717) is 0 Å². The van der Waals surface area contributed by atoms with E-state index in [-0.39, 0.29) is 18.8 Å². The van der Waals surface area contributed by atoms with Gasteiger partial charge < -0.3 is 9.47 Å². The normalized spacial score (nSPS) is 9.76. The Morgan fingerprint density at radius 1 is 1.00 bits per heavy atom. The standard InChI is InChI=1S/C11H10N2O8/c1-7(14)20-2-3-21-11(15)8-4-9(12(16)17)6-10(5-8)13(18)19/h4-6H,2-3H2,1H3. The summed E-state index contributed by atoms with van der Waals surface area (Å²) in [5, 5.41) is 21.3. The summed E-state index contributed by atoms with van der Waals surface area (Å²) < 4.78 is 9.21. The molecule has 0 aliphatic rings. The molecular weight excluding hydrogens is 288 g/mol. The summed E-state index contributed by atoms with van der Waals surface area (Å²) in [6.07, 6.45) is 0. The Morgan fingerprint density at radius 2 is 1.48 bits per heavy atom. The van der Waals surface area contributed by atoms with E-state index in [1.807, 2.05) is 0 Å². The summed E-state index contributed by atoms with van der Waals surface area (Å²) in [6.45, 7) is 0.721. The van der Waals surface area contributed by atoms with E-state index in [9.17, 15) is 29.8 Å². The molecule has 0 bridgehead atoms. The fourth-order valence-electron chi connectivity index (χ4n) is 1.33. The highest BCUT2D eigenvalue weighted by Gasteiger charge is 2.20. The van der Waals surface area contributed by atoms with Gasteiger partial charge in [0, 0.05) is 19.1 Å². The predicted octanol–water partition coefficient (Wildman–Crippen LogP) is 1.22. The second-order valence-electron chi connectivity index (χ2n) is 3.73. The van der Waals surface area contributed by atoms with Gasteiger partial charge in [-0.25, -0.2) is 4.79 Å². The molecular formula is C11H10N2O8. The molecule has 0 amide bonds. The summed E-state index contributed by atoms with van der Waals surface area (Å²) in [5.41, 5.74) is -1.54. The van der Waals surface area contributed by atoms with E-state index >= 15 is 0 Å². The third-order valence-electron chi connectivity index (χ3n) is 2.18. The van der Waals surface area contributed by atoms with Crippen LogP contribution in [0.25, 0.3) is 0 Å². The minimum absolute atomic E-state index is 0.182. The first-order valence-corrected chi connectivity index (χ1v) is 5.55. The Labute approximate surface area is 117 Å². The minimum Gasteiger partial charge on any atom is -0.462 e. The lowest BCUT2D eigenvalue weighted by molar-refractivity contribution is -0.394. The number of non-ortho nitro benzene ring substituents is 2. The number of esters is 2. The smallest absolute Gasteiger partial charge is 0.338 e. The van der Waals surface area contributed by atoms with Gasteiger partial charge in [-0.2, -0.15) is 0 Å². The zero-order valence-corrected chi connectivity index (χ0v) is 10.8. The van der Waals surface area contributed by atoms with Gasteiger partial charge >= 0.3 is 11.9 Å². The molecule has 0 spiro atoms. The maximum atomic E-state index is 11.6. The predicted molar refractivity (Wildman–Crippen MR) is 66.7 cm³/mol. The fraction of sp³-hybridized carbons (Fsp3) is 0.273. The maximum Gasteiger partial charge on any atom is 0.338 e. The highest BCUT2D eigenvalue weighted by molar-refractivity contribution is 5.91. The van der Waals surface area contributed by atoms with Crippen molar-refractivity contribution in [3.05, 3.63) is 44.0 Å². The van der Waals surface area contributed by atoms with Crippen LogP contribution in [0.3, 0.4) is 0 Å². The molecule has 1 aromatic rings. The van der Waals surface area contributed by atoms with Gasteiger partial charge in [-0.3, -0.25) is 25.0 Å². The van der Waals surface area contributed by atoms with E-state index in [4.69, 9.17) is 0 Å². The van der Waals surface area contributed by atoms with Crippen molar-refractivity contribution in [2.75, 3.05) is 13.2 Å². The SMILES string of the molecule is CC(=O)OCCOC(=O)c1cc([N+](=O)[O-])cc([N+](=O)[O-])c1. The first-order valence-electron chi connectivity index (χ1n) is 5.55. The van der Waals surface area contributed by atoms with Gasteiger partial charge in [-0.05, 0) is 0 Å². The van der Waals surface area contributed by atoms with E-state index in [1.165, 1.54) is 6.92 Å². The molecule has 1 aromatic carbocycles. The number of hydrogen-bond donors (Lipinski definition) is 0. The van der Waals surface area contributed by atoms with Crippen LogP contribution in [0, 0.1) is 20.2 Å². The van der Waals surface area contributed by atoms with Crippen molar-refractivity contribution in [2.45, 2.75) is 6.92 Å². The van der Waals surface area contributed by atoms with Gasteiger partial charge in [0.15, 0.2) is 0 Å². The highest BCUT2D eigenvalue weighted by atomic mass is 16.6. The molecule has 0 aliphatic carbocycles. The summed E-state index contributed by atoms with van der Waals surface area (Å²) in [5.74, 6) is -1.55. The number of carbonyl (C=O) groups is 2. The van der Waals surface area contributed by atoms with Gasteiger partial charge in [-0.15, -0.1) is 0 Å². The third kappa shape index (κ3) is 4.86. The molecule has 10 nitrogen and oxygen atoms in total. The molecule has 0 aliphatic heterocycles. The molecule has 0 saturated heterocycles. The molecule has 112 valence electrons. The number of rotatable bonds is 6. The molecule has 0 N–H and O–H groups in total. The van der Waals surface area contributed by atoms with Crippen LogP contribution >= 0.6 is 0 Å². The summed E-state index contributed by atoms with van der Waals surface area (Å²) in [7, 11) is 0. The van der Waals surface area contributed by atoms with Crippen LogP contribution < -0.4 is 0 Å². The fourth-order valence-corrected chi connectivity index (χ4v) is 1.33. The lowest BCUT2D eigenvalue weighted by Gasteiger charge is -2.05. The molecule has 0 aromatic heterocycles. The van der Waals surface area contributed by atoms with Crippen LogP contribution in [0.15, 0.2) is 18.2 Å². The molecule has 0 atom stereocenters. The second kappa shape index (κ2) is 6.93. The van der Waals surface area contributed by atoms with Crippen molar-refractivity contribution in [1.82, 2.24) is 0 Å². The summed E-state index contributed by atoms with van der Waals surface area (Å²) >= 11 is 0. The van der Waals surface area contributed by atoms with Gasteiger partial charge in [0.2, 0.25) is 0 Å². The van der Waals surface area contributed by atoms with Crippen LogP contribution in [-0.2, 0) is 14.3 Å². The first kappa shape index (κ1) is 16.0. The number of nitro benzene ring substituents is 2. The quantitative estimate of drug-likeness (QED) is 0.330. The molecule has 21 heavy (non-hydrogen) atoms. The molecule has 0 saturated carbocycles. The van der Waals surface area contributed by atoms with Crippen LogP contribution in [0.2, 0.25) is 0 Å². The average Bonchev–Trinajstić information content (AvgIpc) is 2.42. The van der Waals surface area contributed by atoms with Crippen molar-refractivity contribution in [3.8, 4) is 0 Å². The van der Waals surface area contributed by atoms with Gasteiger partial charge in [-0.1, -0.05) is 0 Å². The van der Waals surface area contributed by atoms with E-state index in [1.54, 1.807) is 0 Å². The molecule has 0 unspecified atom stereocenters. The van der Waals surface area contributed by atoms with Crippen molar-refractivity contribution in [2.24, 2.45) is 0 Å². The zero-order valence-electron chi connectivity index (χ0n) is 10.8. The van der Waals surface area contributed by atoms with Crippen LogP contribution in [0.5, 0.6) is 0 Å². The summed E-state index contributed by atoms with van der Waals surface area (Å²) in [4.78, 5) is 41.7. The van der Waals surface area contributed by atoms with Crippen molar-refractivity contribution in [3.63, 3.8) is 0 Å². The van der Waals surface area contributed by atoms with Gasteiger partial charge in [0.25, 0.3) is 11.4 Å². The average molecular weight is 298 g/mol. The van der Waals surface area contributed by atoms with E-state index in [0.717, 1.165) is 18.2 Å². The Balaban J connectivity index is 2.85. The number of benzene rings is 1. The Morgan fingerprint density at radius 3 is 1.90 bits per heavy atom. The van der Waals surface area contributed by atoms with Crippen molar-refractivity contribution in [1.29, 1.82) is 0 Å². The molecule has 10 heteroatoms. The van der Waals surface area contributed by atoms with Crippen molar-refractivity contribution >= 4 is 23.3 Å². The van der Waals surface area contributed by atoms with E-state index in [2.05, 4.69) is 9.47 Å². The molecule has 0 heterocycles. The lowest BCUT2D eigenvalue weighted by Crippen LogP contribution is -2.13. The van der Waals surface area contributed by atoms with Crippen molar-refractivity contribution < 1.29 is 28.9 Å². The molecule has 0 fully saturated rings. The Kier molecular flexibility index (Phi) is 5.29. The van der Waals surface area contributed by atoms with Crippen LogP contribution in [0.1, 0.15) is 17.3 Å². The third-order valence-corrected chi connectivity index (χ3v) is 2.18. The molecule has 1 rings (SSSR count). The number of nitrogens with zero attached hydrogens (tertiary/aromatic N) is 2. The van der Waals surface area contributed by atoms with E-state index < -0.39 is 33.2 Å². The van der Waals surface area contributed by atoms with Gasteiger partial charge in [0.1, 0.15) is 13.2 Å². The second-order valence-corrected chi connectivity index (χ2v) is 3.73. The van der Waals surface area contributed by atoms with Crippen LogP contribution in [-0.4, -0.2) is 35.0 Å². The summed E-state index contributed by atoms with van der Waals surface area (Å²) in [6, 6.07) is 2.46. The number of nitro groups is 2. The monoisotopic (exact) mass is 298 g/mol. The van der Waals surface area contributed by atoms with Gasteiger partial charge in [0.05, 0.1) is 21.5 Å². The number of hydrogen-bond acceptors (Lipinski definition) is 8. The zero-order chi connectivity index (χ0) is 16.0. The largest absolute Gasteiger partial charge is 0.462 e. The van der Waals surface area contributed by atoms with Crippen LogP contribution in [0.4, 0.5) is 11.4 Å². The Hall–Kier alpha value is -3.04. The highest BCUT2D eigenvalue weighted by Crippen LogP contribution is 2.23. The number of carbonyl (C=O) groups excluding carboxylic acids is 2. The minimum atomic E-state index is -0.992. The first-order chi connectivity index (χ1) is 9.81. The molecule has 0 radical (unpaired) electrons.